The third-order valence-corrected chi connectivity index (χ3v) is 1.45. The molecule has 0 fully saturated rings. The van der Waals surface area contributed by atoms with Crippen LogP contribution in [0.1, 0.15) is 13.8 Å². The zero-order valence-corrected chi connectivity index (χ0v) is 7.13. The fourth-order valence-corrected chi connectivity index (χ4v) is 0.734. The van der Waals surface area contributed by atoms with Crippen LogP contribution in [0.2, 0.25) is 0 Å². The van der Waals surface area contributed by atoms with Crippen LogP contribution in [0, 0.1) is 5.92 Å². The van der Waals surface area contributed by atoms with E-state index in [0.29, 0.717) is 0 Å². The van der Waals surface area contributed by atoms with E-state index >= 15 is 0 Å². The first kappa shape index (κ1) is 9.89. The van der Waals surface area contributed by atoms with Crippen molar-refractivity contribution in [3.8, 4) is 0 Å². The van der Waals surface area contributed by atoms with Crippen LogP contribution in [0.15, 0.2) is 36.5 Å². The summed E-state index contributed by atoms with van der Waals surface area (Å²) < 4.78 is 0. The first-order valence-corrected chi connectivity index (χ1v) is 3.53. The van der Waals surface area contributed by atoms with E-state index in [0.717, 1.165) is 17.4 Å². The number of carbonyl (C=O) groups excluding carboxylic acids is 1. The Labute approximate surface area is 68.1 Å². The Morgan fingerprint density at radius 3 is 2.27 bits per heavy atom. The monoisotopic (exact) mass is 150 g/mol. The molecule has 11 heavy (non-hydrogen) atoms. The molecule has 0 unspecified atom stereocenters. The van der Waals surface area contributed by atoms with Gasteiger partial charge in [0.1, 0.15) is 6.29 Å². The Hall–Kier alpha value is -1.11. The van der Waals surface area contributed by atoms with E-state index in [1.807, 2.05) is 13.0 Å². The standard InChI is InChI=1S/C10H14O/c1-5-10(8(2)3)6-9(4)7-11/h5-7,10H,1-2H2,3-4H3/b9-6+/t10-/m0/s1. The molecule has 1 nitrogen and oxygen atoms in total. The van der Waals surface area contributed by atoms with Gasteiger partial charge in [0, 0.05) is 5.92 Å². The number of carbonyl (C=O) groups is 1. The van der Waals surface area contributed by atoms with Crippen molar-refractivity contribution in [1.29, 1.82) is 0 Å². The molecule has 0 bridgehead atoms. The lowest BCUT2D eigenvalue weighted by Crippen LogP contribution is -1.93. The maximum absolute atomic E-state index is 10.2. The fraction of sp³-hybridized carbons (Fsp3) is 0.300. The topological polar surface area (TPSA) is 17.1 Å². The van der Waals surface area contributed by atoms with Gasteiger partial charge in [0.05, 0.1) is 0 Å². The highest BCUT2D eigenvalue weighted by molar-refractivity contribution is 5.72. The van der Waals surface area contributed by atoms with Gasteiger partial charge in [-0.2, -0.15) is 0 Å². The van der Waals surface area contributed by atoms with Crippen LogP contribution in [0.25, 0.3) is 0 Å². The minimum absolute atomic E-state index is 0.125. The lowest BCUT2D eigenvalue weighted by atomic mass is 10.00. The first-order chi connectivity index (χ1) is 5.11. The second kappa shape index (κ2) is 4.67. The van der Waals surface area contributed by atoms with Crippen LogP contribution in [0.5, 0.6) is 0 Å². The highest BCUT2D eigenvalue weighted by Crippen LogP contribution is 2.12. The van der Waals surface area contributed by atoms with Crippen LogP contribution in [0.3, 0.4) is 0 Å². The van der Waals surface area contributed by atoms with E-state index in [4.69, 9.17) is 0 Å². The lowest BCUT2D eigenvalue weighted by molar-refractivity contribution is -0.104. The third kappa shape index (κ3) is 3.56. The molecule has 0 heterocycles. The van der Waals surface area contributed by atoms with E-state index in [2.05, 4.69) is 13.2 Å². The van der Waals surface area contributed by atoms with Crippen LogP contribution >= 0.6 is 0 Å². The van der Waals surface area contributed by atoms with Crippen LogP contribution < -0.4 is 0 Å². The van der Waals surface area contributed by atoms with Crippen molar-refractivity contribution < 1.29 is 4.79 Å². The molecule has 1 heteroatoms. The SMILES string of the molecule is C=C[C@@H](/C=C(\C)C=O)C(=C)C. The smallest absolute Gasteiger partial charge is 0.145 e. The lowest BCUT2D eigenvalue weighted by Gasteiger charge is -2.05. The Kier molecular flexibility index (Phi) is 4.20. The summed E-state index contributed by atoms with van der Waals surface area (Å²) in [6, 6.07) is 0. The van der Waals surface area contributed by atoms with E-state index in [1.54, 1.807) is 13.0 Å². The van der Waals surface area contributed by atoms with Crippen molar-refractivity contribution in [2.24, 2.45) is 5.92 Å². The largest absolute Gasteiger partial charge is 0.298 e. The Morgan fingerprint density at radius 1 is 1.45 bits per heavy atom. The van der Waals surface area contributed by atoms with Crippen LogP contribution in [0.4, 0.5) is 0 Å². The maximum Gasteiger partial charge on any atom is 0.145 e. The summed E-state index contributed by atoms with van der Waals surface area (Å²) in [5.41, 5.74) is 1.72. The Bertz CT molecular complexity index is 199. The van der Waals surface area contributed by atoms with Crippen molar-refractivity contribution in [3.05, 3.63) is 36.5 Å². The molecule has 0 aromatic carbocycles. The van der Waals surface area contributed by atoms with Gasteiger partial charge >= 0.3 is 0 Å². The van der Waals surface area contributed by atoms with Gasteiger partial charge in [-0.1, -0.05) is 24.3 Å². The van der Waals surface area contributed by atoms with E-state index in [9.17, 15) is 4.79 Å². The summed E-state index contributed by atoms with van der Waals surface area (Å²) in [4.78, 5) is 10.2. The van der Waals surface area contributed by atoms with Gasteiger partial charge in [-0.25, -0.2) is 0 Å². The first-order valence-electron chi connectivity index (χ1n) is 3.53. The van der Waals surface area contributed by atoms with Crippen molar-refractivity contribution in [1.82, 2.24) is 0 Å². The summed E-state index contributed by atoms with van der Waals surface area (Å²) in [7, 11) is 0. The molecule has 0 saturated carbocycles. The molecular weight excluding hydrogens is 136 g/mol. The van der Waals surface area contributed by atoms with Crippen molar-refractivity contribution >= 4 is 6.29 Å². The van der Waals surface area contributed by atoms with E-state index in [-0.39, 0.29) is 5.92 Å². The molecular formula is C10H14O. The quantitative estimate of drug-likeness (QED) is 0.342. The van der Waals surface area contributed by atoms with Gasteiger partial charge < -0.3 is 0 Å². The molecule has 0 aromatic rings. The number of hydrogen-bond acceptors (Lipinski definition) is 1. The molecule has 0 saturated heterocycles. The second-order valence-corrected chi connectivity index (χ2v) is 2.64. The summed E-state index contributed by atoms with van der Waals surface area (Å²) in [6.45, 7) is 11.1. The van der Waals surface area contributed by atoms with Crippen molar-refractivity contribution in [3.63, 3.8) is 0 Å². The van der Waals surface area contributed by atoms with E-state index in [1.165, 1.54) is 0 Å². The predicted molar refractivity (Wildman–Crippen MR) is 48.3 cm³/mol. The molecule has 0 aliphatic carbocycles. The molecule has 0 radical (unpaired) electrons. The van der Waals surface area contributed by atoms with Gasteiger partial charge in [-0.3, -0.25) is 4.79 Å². The zero-order valence-electron chi connectivity index (χ0n) is 7.13. The summed E-state index contributed by atoms with van der Waals surface area (Å²) >= 11 is 0. The molecule has 0 rings (SSSR count). The summed E-state index contributed by atoms with van der Waals surface area (Å²) in [5.74, 6) is 0.125. The van der Waals surface area contributed by atoms with Gasteiger partial charge in [-0.15, -0.1) is 6.58 Å². The molecule has 0 spiro atoms. The van der Waals surface area contributed by atoms with Crippen LogP contribution in [-0.2, 0) is 4.79 Å². The molecule has 0 amide bonds. The van der Waals surface area contributed by atoms with Gasteiger partial charge in [0.2, 0.25) is 0 Å². The highest BCUT2D eigenvalue weighted by Gasteiger charge is 1.99. The Morgan fingerprint density at radius 2 is 2.00 bits per heavy atom. The van der Waals surface area contributed by atoms with E-state index < -0.39 is 0 Å². The Balaban J connectivity index is 4.41. The summed E-state index contributed by atoms with van der Waals surface area (Å²) in [5, 5.41) is 0. The molecule has 60 valence electrons. The fourth-order valence-electron chi connectivity index (χ4n) is 0.734. The molecule has 0 aliphatic heterocycles. The van der Waals surface area contributed by atoms with Gasteiger partial charge in [-0.05, 0) is 19.4 Å². The number of allylic oxidation sites excluding steroid dienone is 4. The van der Waals surface area contributed by atoms with Gasteiger partial charge in [0.15, 0.2) is 0 Å². The molecule has 0 aromatic heterocycles. The molecule has 0 aliphatic rings. The molecule has 1 atom stereocenters. The predicted octanol–water partition coefficient (Wildman–Crippen LogP) is 2.51. The second-order valence-electron chi connectivity index (χ2n) is 2.64. The minimum atomic E-state index is 0.125. The number of rotatable bonds is 4. The molecule has 0 N–H and O–H groups in total. The van der Waals surface area contributed by atoms with Gasteiger partial charge in [0.25, 0.3) is 0 Å². The normalized spacial score (nSPS) is 13.8. The van der Waals surface area contributed by atoms with Crippen molar-refractivity contribution in [2.75, 3.05) is 0 Å². The highest BCUT2D eigenvalue weighted by atomic mass is 16.1. The van der Waals surface area contributed by atoms with Crippen molar-refractivity contribution in [2.45, 2.75) is 13.8 Å². The summed E-state index contributed by atoms with van der Waals surface area (Å²) in [6.07, 6.45) is 4.46. The number of hydrogen-bond donors (Lipinski definition) is 0. The third-order valence-electron chi connectivity index (χ3n) is 1.45. The average molecular weight is 150 g/mol. The maximum atomic E-state index is 10.2. The average Bonchev–Trinajstić information content (AvgIpc) is 1.99. The van der Waals surface area contributed by atoms with Crippen LogP contribution in [-0.4, -0.2) is 6.29 Å². The minimum Gasteiger partial charge on any atom is -0.298 e. The zero-order chi connectivity index (χ0) is 8.85. The number of aldehydes is 1.